The number of carbonyl (C=O) groups is 1. The monoisotopic (exact) mass is 290 g/mol. The van der Waals surface area contributed by atoms with E-state index in [1.807, 2.05) is 23.3 Å². The van der Waals surface area contributed by atoms with Crippen molar-refractivity contribution in [3.8, 4) is 0 Å². The number of nitrogens with zero attached hydrogens (tertiary/aromatic N) is 3. The molecule has 1 amide bonds. The Labute approximate surface area is 122 Å². The van der Waals surface area contributed by atoms with Gasteiger partial charge in [-0.3, -0.25) is 4.79 Å². The van der Waals surface area contributed by atoms with E-state index in [1.165, 1.54) is 0 Å². The predicted molar refractivity (Wildman–Crippen MR) is 81.1 cm³/mol. The van der Waals surface area contributed by atoms with Crippen molar-refractivity contribution < 1.29 is 4.79 Å². The summed E-state index contributed by atoms with van der Waals surface area (Å²) in [4.78, 5) is 23.5. The maximum atomic E-state index is 11.7. The van der Waals surface area contributed by atoms with E-state index in [0.29, 0.717) is 6.42 Å². The van der Waals surface area contributed by atoms with Crippen molar-refractivity contribution >= 4 is 33.3 Å². The molecule has 0 spiro atoms. The molecule has 0 unspecified atom stereocenters. The first kappa shape index (κ1) is 13.3. The molecule has 0 saturated carbocycles. The number of fused-ring (bicyclic) bond motifs is 1. The van der Waals surface area contributed by atoms with E-state index < -0.39 is 0 Å². The lowest BCUT2D eigenvalue weighted by atomic mass is 10.1. The summed E-state index contributed by atoms with van der Waals surface area (Å²) >= 11 is 1.62. The molecule has 0 aromatic carbocycles. The molecule has 1 aliphatic heterocycles. The highest BCUT2D eigenvalue weighted by Gasteiger charge is 2.17. The number of aromatic nitrogens is 2. The van der Waals surface area contributed by atoms with Crippen LogP contribution in [-0.4, -0.2) is 40.4 Å². The lowest BCUT2D eigenvalue weighted by Gasteiger charge is -2.26. The van der Waals surface area contributed by atoms with Gasteiger partial charge in [-0.25, -0.2) is 9.97 Å². The summed E-state index contributed by atoms with van der Waals surface area (Å²) in [6, 6.07) is 2.04. The minimum atomic E-state index is 0.276. The highest BCUT2D eigenvalue weighted by atomic mass is 32.1. The molecule has 5 nitrogen and oxygen atoms in total. The first-order chi connectivity index (χ1) is 9.74. The number of thiophene rings is 1. The molecular formula is C14H18N4OS. The molecule has 20 heavy (non-hydrogen) atoms. The normalized spacial score (nSPS) is 15.8. The number of carbonyl (C=O) groups excluding carboxylic acids is 1. The maximum Gasteiger partial charge on any atom is 0.222 e. The van der Waals surface area contributed by atoms with Gasteiger partial charge in [0.2, 0.25) is 5.91 Å². The summed E-state index contributed by atoms with van der Waals surface area (Å²) in [6.45, 7) is 4.26. The number of aryl methyl sites for hydroxylation is 1. The zero-order chi connectivity index (χ0) is 13.9. The highest BCUT2D eigenvalue weighted by Crippen LogP contribution is 2.24. The van der Waals surface area contributed by atoms with Crippen LogP contribution in [0.15, 0.2) is 11.4 Å². The molecule has 2 aromatic heterocycles. The van der Waals surface area contributed by atoms with Crippen molar-refractivity contribution in [1.82, 2.24) is 14.9 Å². The third-order valence-corrected chi connectivity index (χ3v) is 4.34. The zero-order valence-corrected chi connectivity index (χ0v) is 12.4. The Morgan fingerprint density at radius 2 is 2.30 bits per heavy atom. The van der Waals surface area contributed by atoms with E-state index in [1.54, 1.807) is 11.3 Å². The molecule has 3 heterocycles. The average molecular weight is 290 g/mol. The summed E-state index contributed by atoms with van der Waals surface area (Å²) in [7, 11) is 0. The lowest BCUT2D eigenvalue weighted by molar-refractivity contribution is -0.133. The van der Waals surface area contributed by atoms with Gasteiger partial charge in [-0.05, 0) is 31.2 Å². The van der Waals surface area contributed by atoms with Gasteiger partial charge in [0.15, 0.2) is 0 Å². The molecule has 0 atom stereocenters. The topological polar surface area (TPSA) is 58.1 Å². The van der Waals surface area contributed by atoms with Crippen molar-refractivity contribution in [2.45, 2.75) is 26.2 Å². The van der Waals surface area contributed by atoms with E-state index in [2.05, 4.69) is 15.3 Å². The molecule has 106 valence electrons. The van der Waals surface area contributed by atoms with Gasteiger partial charge in [0.25, 0.3) is 0 Å². The number of likely N-dealkylation sites (tertiary alicyclic amines) is 1. The number of piperidine rings is 1. The molecule has 2 aromatic rings. The number of hydrogen-bond donors (Lipinski definition) is 1. The van der Waals surface area contributed by atoms with Crippen LogP contribution < -0.4 is 5.32 Å². The van der Waals surface area contributed by atoms with E-state index in [-0.39, 0.29) is 5.91 Å². The van der Waals surface area contributed by atoms with Crippen LogP contribution >= 0.6 is 11.3 Å². The summed E-state index contributed by atoms with van der Waals surface area (Å²) in [5, 5.41) is 6.43. The molecule has 0 bridgehead atoms. The second-order valence-electron chi connectivity index (χ2n) is 5.02. The number of anilines is 1. The molecule has 1 aliphatic rings. The molecule has 0 aliphatic carbocycles. The van der Waals surface area contributed by atoms with Crippen LogP contribution in [0, 0.1) is 6.92 Å². The summed E-state index contributed by atoms with van der Waals surface area (Å²) in [5.41, 5.74) is 0. The second kappa shape index (κ2) is 5.75. The van der Waals surface area contributed by atoms with Crippen molar-refractivity contribution in [2.75, 3.05) is 25.0 Å². The smallest absolute Gasteiger partial charge is 0.222 e. The van der Waals surface area contributed by atoms with Crippen molar-refractivity contribution in [3.05, 3.63) is 17.3 Å². The first-order valence-corrected chi connectivity index (χ1v) is 7.85. The Hall–Kier alpha value is -1.69. The van der Waals surface area contributed by atoms with Gasteiger partial charge in [0, 0.05) is 26.1 Å². The van der Waals surface area contributed by atoms with Gasteiger partial charge in [0.05, 0.1) is 5.39 Å². The van der Waals surface area contributed by atoms with Crippen LogP contribution in [0.4, 0.5) is 5.82 Å². The second-order valence-corrected chi connectivity index (χ2v) is 5.92. The third kappa shape index (κ3) is 2.75. The molecule has 1 N–H and O–H groups in total. The number of amides is 1. The minimum Gasteiger partial charge on any atom is -0.368 e. The largest absolute Gasteiger partial charge is 0.368 e. The van der Waals surface area contributed by atoms with Crippen LogP contribution in [0.3, 0.4) is 0 Å². The van der Waals surface area contributed by atoms with Crippen LogP contribution in [0.2, 0.25) is 0 Å². The van der Waals surface area contributed by atoms with Crippen molar-refractivity contribution in [3.63, 3.8) is 0 Å². The van der Waals surface area contributed by atoms with Crippen LogP contribution in [0.1, 0.15) is 25.1 Å². The summed E-state index contributed by atoms with van der Waals surface area (Å²) in [6.07, 6.45) is 2.85. The molecule has 1 fully saturated rings. The number of nitrogens with one attached hydrogen (secondary N) is 1. The van der Waals surface area contributed by atoms with Crippen LogP contribution in [0.5, 0.6) is 0 Å². The fourth-order valence-corrected chi connectivity index (χ4v) is 3.31. The Balaban J connectivity index is 1.65. The SMILES string of the molecule is Cc1nc(NCCN2CCCCC2=O)c2ccsc2n1. The van der Waals surface area contributed by atoms with Gasteiger partial charge in [0.1, 0.15) is 16.5 Å². The van der Waals surface area contributed by atoms with E-state index in [0.717, 1.165) is 54.3 Å². The lowest BCUT2D eigenvalue weighted by Crippen LogP contribution is -2.38. The Kier molecular flexibility index (Phi) is 3.82. The number of rotatable bonds is 4. The van der Waals surface area contributed by atoms with Gasteiger partial charge >= 0.3 is 0 Å². The Morgan fingerprint density at radius 3 is 3.15 bits per heavy atom. The van der Waals surface area contributed by atoms with Crippen LogP contribution in [0.25, 0.3) is 10.2 Å². The zero-order valence-electron chi connectivity index (χ0n) is 11.6. The predicted octanol–water partition coefficient (Wildman–Crippen LogP) is 2.42. The van der Waals surface area contributed by atoms with E-state index in [4.69, 9.17) is 0 Å². The first-order valence-electron chi connectivity index (χ1n) is 6.97. The summed E-state index contributed by atoms with van der Waals surface area (Å²) < 4.78 is 0. The summed E-state index contributed by atoms with van der Waals surface area (Å²) in [5.74, 6) is 1.92. The number of hydrogen-bond acceptors (Lipinski definition) is 5. The van der Waals surface area contributed by atoms with Crippen molar-refractivity contribution in [1.29, 1.82) is 0 Å². The van der Waals surface area contributed by atoms with Gasteiger partial charge in [-0.1, -0.05) is 0 Å². The highest BCUT2D eigenvalue weighted by molar-refractivity contribution is 7.16. The Bertz CT molecular complexity index is 625. The molecule has 3 rings (SSSR count). The van der Waals surface area contributed by atoms with Gasteiger partial charge in [-0.2, -0.15) is 0 Å². The maximum absolute atomic E-state index is 11.7. The van der Waals surface area contributed by atoms with E-state index >= 15 is 0 Å². The van der Waals surface area contributed by atoms with Crippen LogP contribution in [-0.2, 0) is 4.79 Å². The fourth-order valence-electron chi connectivity index (χ4n) is 2.50. The van der Waals surface area contributed by atoms with Crippen molar-refractivity contribution in [2.24, 2.45) is 0 Å². The molecule has 6 heteroatoms. The minimum absolute atomic E-state index is 0.276. The quantitative estimate of drug-likeness (QED) is 0.939. The molecular weight excluding hydrogens is 272 g/mol. The fraction of sp³-hybridized carbons (Fsp3) is 0.500. The Morgan fingerprint density at radius 1 is 1.40 bits per heavy atom. The average Bonchev–Trinajstić information content (AvgIpc) is 2.89. The standard InChI is InChI=1S/C14H18N4OS/c1-10-16-13(11-5-9-20-14(11)17-10)15-6-8-18-7-3-2-4-12(18)19/h5,9H,2-4,6-8H2,1H3,(H,15,16,17). The molecule has 1 saturated heterocycles. The molecule has 0 radical (unpaired) electrons. The van der Waals surface area contributed by atoms with E-state index in [9.17, 15) is 4.79 Å². The van der Waals surface area contributed by atoms with Gasteiger partial charge in [-0.15, -0.1) is 11.3 Å². The third-order valence-electron chi connectivity index (χ3n) is 3.53. The van der Waals surface area contributed by atoms with Gasteiger partial charge < -0.3 is 10.2 Å².